The highest BCUT2D eigenvalue weighted by Gasteiger charge is 2.40. The third-order valence-electron chi connectivity index (χ3n) is 6.61. The largest absolute Gasteiger partial charge is 0.416 e. The topological polar surface area (TPSA) is 39.2 Å². The van der Waals surface area contributed by atoms with Gasteiger partial charge in [0.25, 0.3) is 5.91 Å². The third kappa shape index (κ3) is 4.46. The van der Waals surface area contributed by atoms with Crippen molar-refractivity contribution in [2.24, 2.45) is 4.99 Å². The predicted molar refractivity (Wildman–Crippen MR) is 124 cm³/mol. The zero-order chi connectivity index (χ0) is 23.9. The van der Waals surface area contributed by atoms with E-state index >= 15 is 0 Å². The van der Waals surface area contributed by atoms with Crippen LogP contribution in [0.3, 0.4) is 0 Å². The van der Waals surface area contributed by atoms with Gasteiger partial charge in [-0.2, -0.15) is 13.2 Å². The molecule has 0 saturated carbocycles. The number of hydrogen-bond acceptors (Lipinski definition) is 4. The molecule has 0 fully saturated rings. The van der Waals surface area contributed by atoms with Crippen LogP contribution in [0.4, 0.5) is 13.2 Å². The molecule has 8 heteroatoms. The van der Waals surface area contributed by atoms with Crippen LogP contribution < -0.4 is 0 Å². The molecular formula is C26H27F3N4O. The average molecular weight is 469 g/mol. The van der Waals surface area contributed by atoms with E-state index in [0.717, 1.165) is 55.9 Å². The number of aryl methyl sites for hydroxylation is 1. The van der Waals surface area contributed by atoms with Crippen LogP contribution in [0, 0.1) is 6.92 Å². The minimum Gasteiger partial charge on any atom is -0.315 e. The molecule has 0 aromatic heterocycles. The second-order valence-electron chi connectivity index (χ2n) is 9.15. The van der Waals surface area contributed by atoms with Crippen molar-refractivity contribution in [3.05, 3.63) is 82.1 Å². The molecule has 2 aromatic rings. The first-order valence-corrected chi connectivity index (χ1v) is 11.6. The summed E-state index contributed by atoms with van der Waals surface area (Å²) in [6.45, 7) is 5.89. The number of carbonyl (C=O) groups excluding carboxylic acids is 1. The normalized spacial score (nSPS) is 19.2. The third-order valence-corrected chi connectivity index (χ3v) is 6.61. The molecule has 0 N–H and O–H groups in total. The Morgan fingerprint density at radius 2 is 1.79 bits per heavy atom. The van der Waals surface area contributed by atoms with Gasteiger partial charge in [0, 0.05) is 44.8 Å². The van der Waals surface area contributed by atoms with E-state index < -0.39 is 11.7 Å². The summed E-state index contributed by atoms with van der Waals surface area (Å²) in [7, 11) is 0. The lowest BCUT2D eigenvalue weighted by atomic mass is 9.98. The Hall–Kier alpha value is -3.13. The maximum absolute atomic E-state index is 13.7. The summed E-state index contributed by atoms with van der Waals surface area (Å²) in [4.78, 5) is 24.4. The van der Waals surface area contributed by atoms with E-state index in [1.807, 2.05) is 6.07 Å². The van der Waals surface area contributed by atoms with Gasteiger partial charge in [0.05, 0.1) is 17.7 Å². The number of aliphatic imine (C=N–C) groups is 1. The fourth-order valence-corrected chi connectivity index (χ4v) is 4.96. The molecule has 34 heavy (non-hydrogen) atoms. The molecule has 0 saturated heterocycles. The van der Waals surface area contributed by atoms with E-state index in [-0.39, 0.29) is 12.5 Å². The lowest BCUT2D eigenvalue weighted by Gasteiger charge is -2.45. The van der Waals surface area contributed by atoms with E-state index in [2.05, 4.69) is 39.9 Å². The molecular weight excluding hydrogens is 441 g/mol. The first-order chi connectivity index (χ1) is 16.3. The molecule has 0 aliphatic carbocycles. The van der Waals surface area contributed by atoms with Gasteiger partial charge in [-0.15, -0.1) is 0 Å². The minimum absolute atomic E-state index is 0.0965. The number of benzene rings is 2. The van der Waals surface area contributed by atoms with Crippen LogP contribution in [0.15, 0.2) is 64.8 Å². The van der Waals surface area contributed by atoms with Crippen LogP contribution in [-0.4, -0.2) is 52.7 Å². The predicted octanol–water partition coefficient (Wildman–Crippen LogP) is 4.58. The van der Waals surface area contributed by atoms with Crippen molar-refractivity contribution < 1.29 is 18.0 Å². The maximum Gasteiger partial charge on any atom is 0.416 e. The number of guanidine groups is 1. The summed E-state index contributed by atoms with van der Waals surface area (Å²) in [6.07, 6.45) is -2.69. The highest BCUT2D eigenvalue weighted by atomic mass is 19.4. The fourth-order valence-electron chi connectivity index (χ4n) is 4.96. The van der Waals surface area contributed by atoms with Crippen LogP contribution in [0.1, 0.15) is 35.1 Å². The number of hydrogen-bond donors (Lipinski definition) is 0. The Kier molecular flexibility index (Phi) is 5.93. The highest BCUT2D eigenvalue weighted by Crippen LogP contribution is 2.33. The Labute approximate surface area is 197 Å². The molecule has 3 aliphatic heterocycles. The lowest BCUT2D eigenvalue weighted by Crippen LogP contribution is -2.56. The average Bonchev–Trinajstić information content (AvgIpc) is 2.81. The van der Waals surface area contributed by atoms with E-state index in [1.165, 1.54) is 23.3 Å². The summed E-state index contributed by atoms with van der Waals surface area (Å²) in [5.41, 5.74) is 4.20. The zero-order valence-corrected chi connectivity index (χ0v) is 19.1. The van der Waals surface area contributed by atoms with Gasteiger partial charge in [-0.1, -0.05) is 42.0 Å². The molecule has 0 spiro atoms. The maximum atomic E-state index is 13.7. The van der Waals surface area contributed by atoms with Gasteiger partial charge in [0.15, 0.2) is 0 Å². The minimum atomic E-state index is -4.38. The molecule has 3 aliphatic rings. The van der Waals surface area contributed by atoms with Crippen LogP contribution >= 0.6 is 0 Å². The standard InChI is InChI=1S/C26H27F3N4O/c1-18-4-2-5-20(14-18)15-31-13-10-23-22(17-31)24(34)33(25-30-11-3-12-32(23)25)16-19-6-8-21(9-7-19)26(27,28)29/h2,4-9,14H,3,10-13,15-17H2,1H3. The Morgan fingerprint density at radius 1 is 1.00 bits per heavy atom. The summed E-state index contributed by atoms with van der Waals surface area (Å²) >= 11 is 0. The van der Waals surface area contributed by atoms with Crippen molar-refractivity contribution in [1.82, 2.24) is 14.7 Å². The van der Waals surface area contributed by atoms with E-state index in [4.69, 9.17) is 0 Å². The first-order valence-electron chi connectivity index (χ1n) is 11.6. The number of carbonyl (C=O) groups is 1. The molecule has 0 unspecified atom stereocenters. The number of amides is 1. The zero-order valence-electron chi connectivity index (χ0n) is 19.1. The van der Waals surface area contributed by atoms with Crippen LogP contribution in [0.2, 0.25) is 0 Å². The Balaban J connectivity index is 1.39. The number of fused-ring (bicyclic) bond motifs is 2. The van der Waals surface area contributed by atoms with Gasteiger partial charge >= 0.3 is 6.18 Å². The second kappa shape index (κ2) is 8.91. The highest BCUT2D eigenvalue weighted by molar-refractivity contribution is 6.09. The summed E-state index contributed by atoms with van der Waals surface area (Å²) in [5.74, 6) is 0.530. The molecule has 0 bridgehead atoms. The van der Waals surface area contributed by atoms with Gasteiger partial charge in [0.1, 0.15) is 0 Å². The SMILES string of the molecule is Cc1cccc(CN2CCC3=C(C2)C(=O)N(Cc2ccc(C(F)(F)F)cc2)C2=NCCCN23)c1. The summed E-state index contributed by atoms with van der Waals surface area (Å²) < 4.78 is 38.9. The number of halogens is 3. The molecule has 1 amide bonds. The molecule has 5 rings (SSSR count). The first kappa shape index (κ1) is 22.7. The molecule has 5 nitrogen and oxygen atoms in total. The van der Waals surface area contributed by atoms with Gasteiger partial charge in [-0.25, -0.2) is 0 Å². The van der Waals surface area contributed by atoms with E-state index in [0.29, 0.717) is 24.6 Å². The van der Waals surface area contributed by atoms with E-state index in [9.17, 15) is 18.0 Å². The van der Waals surface area contributed by atoms with Crippen LogP contribution in [0.5, 0.6) is 0 Å². The Morgan fingerprint density at radius 3 is 2.53 bits per heavy atom. The smallest absolute Gasteiger partial charge is 0.315 e. The fraction of sp³-hybridized carbons (Fsp3) is 0.385. The molecule has 0 atom stereocenters. The van der Waals surface area contributed by atoms with Gasteiger partial charge in [-0.3, -0.25) is 19.6 Å². The van der Waals surface area contributed by atoms with Crippen molar-refractivity contribution >= 4 is 11.9 Å². The summed E-state index contributed by atoms with van der Waals surface area (Å²) in [6, 6.07) is 13.4. The van der Waals surface area contributed by atoms with Crippen molar-refractivity contribution in [3.8, 4) is 0 Å². The van der Waals surface area contributed by atoms with E-state index in [1.54, 1.807) is 4.90 Å². The Bertz CT molecular complexity index is 1150. The van der Waals surface area contributed by atoms with Crippen molar-refractivity contribution in [1.29, 1.82) is 0 Å². The molecule has 3 heterocycles. The van der Waals surface area contributed by atoms with Crippen LogP contribution in [-0.2, 0) is 24.1 Å². The number of rotatable bonds is 4. The van der Waals surface area contributed by atoms with Gasteiger partial charge < -0.3 is 4.90 Å². The molecule has 2 aromatic carbocycles. The van der Waals surface area contributed by atoms with Gasteiger partial charge in [-0.05, 0) is 36.6 Å². The van der Waals surface area contributed by atoms with Gasteiger partial charge in [0.2, 0.25) is 5.96 Å². The monoisotopic (exact) mass is 468 g/mol. The molecule has 0 radical (unpaired) electrons. The van der Waals surface area contributed by atoms with Crippen LogP contribution in [0.25, 0.3) is 0 Å². The number of nitrogens with zero attached hydrogens (tertiary/aromatic N) is 4. The van der Waals surface area contributed by atoms with Crippen molar-refractivity contribution in [3.63, 3.8) is 0 Å². The van der Waals surface area contributed by atoms with Crippen molar-refractivity contribution in [2.75, 3.05) is 26.2 Å². The molecule has 178 valence electrons. The summed E-state index contributed by atoms with van der Waals surface area (Å²) in [5, 5.41) is 0. The quantitative estimate of drug-likeness (QED) is 0.660. The van der Waals surface area contributed by atoms with Crippen molar-refractivity contribution in [2.45, 2.75) is 39.0 Å². The number of alkyl halides is 3. The lowest BCUT2D eigenvalue weighted by molar-refractivity contribution is -0.137. The second-order valence-corrected chi connectivity index (χ2v) is 9.15.